The van der Waals surface area contributed by atoms with Crippen LogP contribution in [0.5, 0.6) is 0 Å². The number of hydrogen-bond acceptors (Lipinski definition) is 5. The summed E-state index contributed by atoms with van der Waals surface area (Å²) < 4.78 is 82.7. The number of hydrazine groups is 1. The Morgan fingerprint density at radius 3 is 1.91 bits per heavy atom. The number of halogens is 3. The normalized spacial score (nSPS) is 12.9. The Kier molecular flexibility index (Phi) is 5.20. The van der Waals surface area contributed by atoms with Gasteiger partial charge in [0.25, 0.3) is 19.9 Å². The van der Waals surface area contributed by atoms with Crippen molar-refractivity contribution < 1.29 is 34.8 Å². The lowest BCUT2D eigenvalue weighted by molar-refractivity contribution is -0.121. The minimum atomic E-state index is -5.55. The van der Waals surface area contributed by atoms with E-state index in [-0.39, 0.29) is 6.42 Å². The monoisotopic (exact) mass is 360 g/mol. The van der Waals surface area contributed by atoms with Crippen molar-refractivity contribution in [1.82, 2.24) is 10.3 Å². The summed E-state index contributed by atoms with van der Waals surface area (Å²) in [6, 6.07) is 2.39. The molecule has 0 radical (unpaired) electrons. The van der Waals surface area contributed by atoms with Gasteiger partial charge in [0.15, 0.2) is 0 Å². The summed E-state index contributed by atoms with van der Waals surface area (Å²) in [7, 11) is -9.77. The van der Waals surface area contributed by atoms with E-state index >= 15 is 0 Å². The molecular weight excluding hydrogens is 349 g/mol. The average Bonchev–Trinajstić information content (AvgIpc) is 2.43. The summed E-state index contributed by atoms with van der Waals surface area (Å²) in [5, 5.41) is 0. The number of carbonyl (C=O) groups excluding carboxylic acids is 1. The van der Waals surface area contributed by atoms with Crippen LogP contribution >= 0.6 is 0 Å². The number of alkyl halides is 3. The van der Waals surface area contributed by atoms with Crippen LogP contribution in [0, 0.1) is 0 Å². The number of rotatable bonds is 5. The fourth-order valence-corrected chi connectivity index (χ4v) is 2.83. The van der Waals surface area contributed by atoms with E-state index < -0.39 is 41.1 Å². The Hall–Kier alpha value is -1.66. The van der Waals surface area contributed by atoms with Crippen molar-refractivity contribution in [1.29, 1.82) is 0 Å². The van der Waals surface area contributed by atoms with Gasteiger partial charge in [0.1, 0.15) is 0 Å². The Labute approximate surface area is 124 Å². The van der Waals surface area contributed by atoms with E-state index in [0.717, 1.165) is 0 Å². The Morgan fingerprint density at radius 2 is 1.50 bits per heavy atom. The number of hydrogen-bond donors (Lipinski definition) is 2. The van der Waals surface area contributed by atoms with E-state index in [0.29, 0.717) is 24.3 Å². The van der Waals surface area contributed by atoms with Gasteiger partial charge in [-0.25, -0.2) is 16.8 Å². The summed E-state index contributed by atoms with van der Waals surface area (Å²) in [5.41, 5.74) is -3.62. The zero-order valence-electron chi connectivity index (χ0n) is 11.0. The second-order valence-electron chi connectivity index (χ2n) is 3.93. The van der Waals surface area contributed by atoms with Crippen LogP contribution in [0.1, 0.15) is 13.3 Å². The molecule has 0 fully saturated rings. The maximum Gasteiger partial charge on any atom is 0.501 e. The smallest absolute Gasteiger partial charge is 0.278 e. The molecule has 7 nitrogen and oxygen atoms in total. The van der Waals surface area contributed by atoms with Crippen molar-refractivity contribution in [3.8, 4) is 0 Å². The largest absolute Gasteiger partial charge is 0.501 e. The molecule has 0 atom stereocenters. The van der Waals surface area contributed by atoms with Gasteiger partial charge < -0.3 is 0 Å². The molecule has 0 aliphatic heterocycles. The fraction of sp³-hybridized carbons (Fsp3) is 0.300. The molecule has 0 aliphatic rings. The number of sulfone groups is 1. The summed E-state index contributed by atoms with van der Waals surface area (Å²) in [6.45, 7) is 1.47. The minimum Gasteiger partial charge on any atom is -0.278 e. The summed E-state index contributed by atoms with van der Waals surface area (Å²) in [5.74, 6) is -0.625. The first-order chi connectivity index (χ1) is 9.91. The second kappa shape index (κ2) is 6.22. The molecule has 0 unspecified atom stereocenters. The van der Waals surface area contributed by atoms with E-state index in [1.165, 1.54) is 6.92 Å². The lowest BCUT2D eigenvalue weighted by Crippen LogP contribution is -2.41. The van der Waals surface area contributed by atoms with Crippen molar-refractivity contribution in [3.63, 3.8) is 0 Å². The van der Waals surface area contributed by atoms with Gasteiger partial charge in [-0.05, 0) is 24.3 Å². The topological polar surface area (TPSA) is 109 Å². The SMILES string of the molecule is CCC(=O)NNS(=O)(=O)c1ccc(S(=O)(=O)C(F)(F)F)cc1. The molecule has 0 aromatic heterocycles. The Balaban J connectivity index is 3.06. The lowest BCUT2D eigenvalue weighted by Gasteiger charge is -2.10. The standard InChI is InChI=1S/C10H11F3N2O5S2/c1-2-9(16)14-15-22(19,20)8-5-3-7(4-6-8)21(17,18)10(11,12)13/h3-6,15H,2H2,1H3,(H,14,16). The number of carbonyl (C=O) groups is 1. The number of amides is 1. The third kappa shape index (κ3) is 3.96. The quantitative estimate of drug-likeness (QED) is 0.751. The van der Waals surface area contributed by atoms with Crippen LogP contribution in [0.2, 0.25) is 0 Å². The third-order valence-electron chi connectivity index (χ3n) is 2.39. The highest BCUT2D eigenvalue weighted by molar-refractivity contribution is 7.92. The van der Waals surface area contributed by atoms with Crippen molar-refractivity contribution >= 4 is 25.8 Å². The molecule has 1 aromatic carbocycles. The second-order valence-corrected chi connectivity index (χ2v) is 7.55. The van der Waals surface area contributed by atoms with Crippen molar-refractivity contribution in [3.05, 3.63) is 24.3 Å². The highest BCUT2D eigenvalue weighted by atomic mass is 32.2. The zero-order chi connectivity index (χ0) is 17.2. The molecule has 0 spiro atoms. The van der Waals surface area contributed by atoms with Crippen LogP contribution in [0.15, 0.2) is 34.1 Å². The molecule has 0 aliphatic carbocycles. The van der Waals surface area contributed by atoms with Gasteiger partial charge in [-0.3, -0.25) is 10.2 Å². The van der Waals surface area contributed by atoms with Crippen molar-refractivity contribution in [2.75, 3.05) is 0 Å². The molecule has 0 bridgehead atoms. The summed E-state index contributed by atoms with van der Waals surface area (Å²) in [4.78, 5) is 11.1. The van der Waals surface area contributed by atoms with Crippen LogP contribution in [0.4, 0.5) is 13.2 Å². The first-order valence-electron chi connectivity index (χ1n) is 5.64. The first kappa shape index (κ1) is 18.4. The molecule has 2 N–H and O–H groups in total. The number of sulfonamides is 1. The van der Waals surface area contributed by atoms with Crippen LogP contribution in [-0.4, -0.2) is 28.3 Å². The van der Waals surface area contributed by atoms with Gasteiger partial charge in [0.05, 0.1) is 9.79 Å². The maximum absolute atomic E-state index is 12.3. The van der Waals surface area contributed by atoms with Gasteiger partial charge in [-0.1, -0.05) is 6.92 Å². The number of nitrogens with one attached hydrogen (secondary N) is 2. The van der Waals surface area contributed by atoms with Crippen molar-refractivity contribution in [2.24, 2.45) is 0 Å². The minimum absolute atomic E-state index is 0.00524. The van der Waals surface area contributed by atoms with Gasteiger partial charge in [0, 0.05) is 6.42 Å². The zero-order valence-corrected chi connectivity index (χ0v) is 12.6. The predicted molar refractivity (Wildman–Crippen MR) is 68.4 cm³/mol. The number of benzene rings is 1. The highest BCUT2D eigenvalue weighted by Crippen LogP contribution is 2.30. The summed E-state index contributed by atoms with van der Waals surface area (Å²) in [6.07, 6.45) is 0.00524. The molecule has 124 valence electrons. The van der Waals surface area contributed by atoms with Gasteiger partial charge in [-0.2, -0.15) is 13.2 Å². The van der Waals surface area contributed by atoms with E-state index in [9.17, 15) is 34.8 Å². The molecule has 0 saturated heterocycles. The van der Waals surface area contributed by atoms with Crippen LogP contribution in [-0.2, 0) is 24.7 Å². The van der Waals surface area contributed by atoms with Crippen LogP contribution < -0.4 is 10.3 Å². The summed E-state index contributed by atoms with van der Waals surface area (Å²) >= 11 is 0. The van der Waals surface area contributed by atoms with Crippen molar-refractivity contribution in [2.45, 2.75) is 28.6 Å². The molecule has 1 aromatic rings. The highest BCUT2D eigenvalue weighted by Gasteiger charge is 2.46. The van der Waals surface area contributed by atoms with E-state index in [1.54, 1.807) is 4.83 Å². The van der Waals surface area contributed by atoms with Gasteiger partial charge in [-0.15, -0.1) is 4.83 Å². The first-order valence-corrected chi connectivity index (χ1v) is 8.60. The molecule has 0 saturated carbocycles. The van der Waals surface area contributed by atoms with Gasteiger partial charge >= 0.3 is 5.51 Å². The van der Waals surface area contributed by atoms with E-state index in [1.807, 2.05) is 5.43 Å². The Morgan fingerprint density at radius 1 is 1.05 bits per heavy atom. The average molecular weight is 360 g/mol. The molecular formula is C10H11F3N2O5S2. The maximum atomic E-state index is 12.3. The van der Waals surface area contributed by atoms with Crippen LogP contribution in [0.25, 0.3) is 0 Å². The third-order valence-corrected chi connectivity index (χ3v) is 5.16. The molecule has 0 heterocycles. The molecule has 12 heteroatoms. The van der Waals surface area contributed by atoms with Gasteiger partial charge in [0.2, 0.25) is 5.91 Å². The molecule has 22 heavy (non-hydrogen) atoms. The molecule has 1 rings (SSSR count). The van der Waals surface area contributed by atoms with E-state index in [4.69, 9.17) is 0 Å². The fourth-order valence-electron chi connectivity index (χ4n) is 1.20. The lowest BCUT2D eigenvalue weighted by atomic mass is 10.4. The predicted octanol–water partition coefficient (Wildman–Crippen LogP) is 0.700. The molecule has 1 amide bonds. The van der Waals surface area contributed by atoms with Crippen LogP contribution in [0.3, 0.4) is 0 Å². The Bertz CT molecular complexity index is 755. The van der Waals surface area contributed by atoms with E-state index in [2.05, 4.69) is 0 Å².